The van der Waals surface area contributed by atoms with E-state index in [1.165, 1.54) is 41.5 Å². The zero-order valence-electron chi connectivity index (χ0n) is 34.1. The van der Waals surface area contributed by atoms with E-state index in [-0.39, 0.29) is 10.8 Å². The molecule has 2 heterocycles. The first-order chi connectivity index (χ1) is 26.4. The van der Waals surface area contributed by atoms with E-state index in [1.807, 2.05) is 19.9 Å². The number of fused-ring (bicyclic) bond motifs is 8. The van der Waals surface area contributed by atoms with Gasteiger partial charge in [0.1, 0.15) is 0 Å². The third-order valence-corrected chi connectivity index (χ3v) is 12.2. The van der Waals surface area contributed by atoms with Crippen molar-refractivity contribution in [3.05, 3.63) is 142 Å². The van der Waals surface area contributed by atoms with Gasteiger partial charge in [-0.1, -0.05) is 132 Å². The van der Waals surface area contributed by atoms with E-state index in [0.717, 1.165) is 79.8 Å². The normalized spacial score (nSPS) is 18.3. The molecule has 7 aromatic rings. The SMILES string of the molecule is CC.Cc1ccc(-c2nc3cc4c(cc3nc2-c2ccc(C)cc2)C(C)(C)CC4(C)C)cc1.Cc1nc2cc3c(cc2nc1-c1ccccc1)C1CCC3C1. The Morgan fingerprint density at radius 2 is 0.873 bits per heavy atom. The van der Waals surface area contributed by atoms with Gasteiger partial charge in [0.25, 0.3) is 0 Å². The van der Waals surface area contributed by atoms with Crippen molar-refractivity contribution in [2.75, 3.05) is 0 Å². The third-order valence-electron chi connectivity index (χ3n) is 12.2. The first-order valence-electron chi connectivity index (χ1n) is 20.3. The molecule has 0 N–H and O–H groups in total. The summed E-state index contributed by atoms with van der Waals surface area (Å²) in [7, 11) is 0. The fourth-order valence-corrected chi connectivity index (χ4v) is 9.69. The van der Waals surface area contributed by atoms with Gasteiger partial charge in [-0.25, -0.2) is 19.9 Å². The molecule has 2 unspecified atom stereocenters. The smallest absolute Gasteiger partial charge is 0.0973 e. The van der Waals surface area contributed by atoms with Crippen LogP contribution in [0.4, 0.5) is 0 Å². The van der Waals surface area contributed by atoms with Crippen LogP contribution in [0, 0.1) is 20.8 Å². The van der Waals surface area contributed by atoms with Gasteiger partial charge >= 0.3 is 0 Å². The molecule has 1 saturated carbocycles. The number of aryl methyl sites for hydroxylation is 3. The van der Waals surface area contributed by atoms with Crippen molar-refractivity contribution in [2.45, 2.75) is 111 Å². The lowest BCUT2D eigenvalue weighted by molar-refractivity contribution is 0.403. The number of benzene rings is 5. The highest BCUT2D eigenvalue weighted by Crippen LogP contribution is 2.54. The molecule has 55 heavy (non-hydrogen) atoms. The van der Waals surface area contributed by atoms with Crippen molar-refractivity contribution in [1.82, 2.24) is 19.9 Å². The maximum Gasteiger partial charge on any atom is 0.0973 e. The van der Waals surface area contributed by atoms with Gasteiger partial charge in [0.2, 0.25) is 0 Å². The minimum atomic E-state index is 0.147. The minimum Gasteiger partial charge on any atom is -0.249 e. The molecule has 3 aliphatic carbocycles. The molecule has 0 amide bonds. The van der Waals surface area contributed by atoms with Crippen LogP contribution < -0.4 is 0 Å². The molecule has 2 atom stereocenters. The van der Waals surface area contributed by atoms with Crippen molar-refractivity contribution < 1.29 is 0 Å². The lowest BCUT2D eigenvalue weighted by Crippen LogP contribution is -2.17. The fraction of sp³-hybridized carbons (Fsp3) is 0.333. The Balaban J connectivity index is 0.000000156. The van der Waals surface area contributed by atoms with Crippen LogP contribution in [-0.2, 0) is 10.8 Å². The molecule has 4 heteroatoms. The van der Waals surface area contributed by atoms with Gasteiger partial charge in [-0.05, 0) is 116 Å². The maximum absolute atomic E-state index is 5.20. The van der Waals surface area contributed by atoms with Crippen LogP contribution in [0.5, 0.6) is 0 Å². The van der Waals surface area contributed by atoms with Gasteiger partial charge in [0.05, 0.1) is 44.8 Å². The molecule has 0 saturated heterocycles. The molecule has 3 aliphatic rings. The average molecular weight is 723 g/mol. The number of nitrogens with zero attached hydrogens (tertiary/aromatic N) is 4. The summed E-state index contributed by atoms with van der Waals surface area (Å²) in [6.07, 6.45) is 5.20. The van der Waals surface area contributed by atoms with E-state index in [9.17, 15) is 0 Å². The Kier molecular flexibility index (Phi) is 9.44. The predicted octanol–water partition coefficient (Wildman–Crippen LogP) is 13.5. The Labute approximate surface area is 327 Å². The molecule has 0 spiro atoms. The Morgan fingerprint density at radius 1 is 0.473 bits per heavy atom. The molecule has 10 rings (SSSR count). The lowest BCUT2D eigenvalue weighted by Gasteiger charge is -2.22. The van der Waals surface area contributed by atoms with Crippen molar-refractivity contribution in [3.8, 4) is 33.8 Å². The summed E-state index contributed by atoms with van der Waals surface area (Å²) in [6, 6.07) is 36.8. The largest absolute Gasteiger partial charge is 0.249 e. The second kappa shape index (κ2) is 14.1. The van der Waals surface area contributed by atoms with Crippen molar-refractivity contribution in [1.29, 1.82) is 0 Å². The molecule has 1 fully saturated rings. The zero-order chi connectivity index (χ0) is 38.6. The van der Waals surface area contributed by atoms with E-state index in [0.29, 0.717) is 0 Å². The summed E-state index contributed by atoms with van der Waals surface area (Å²) >= 11 is 0. The van der Waals surface area contributed by atoms with Crippen molar-refractivity contribution in [3.63, 3.8) is 0 Å². The van der Waals surface area contributed by atoms with Crippen molar-refractivity contribution in [2.24, 2.45) is 0 Å². The van der Waals surface area contributed by atoms with Crippen molar-refractivity contribution >= 4 is 22.1 Å². The van der Waals surface area contributed by atoms with Gasteiger partial charge in [0.15, 0.2) is 0 Å². The lowest BCUT2D eigenvalue weighted by atomic mass is 9.82. The quantitative estimate of drug-likeness (QED) is 0.182. The molecule has 5 aromatic carbocycles. The number of hydrogen-bond donors (Lipinski definition) is 0. The van der Waals surface area contributed by atoms with Crippen LogP contribution in [0.1, 0.15) is 118 Å². The van der Waals surface area contributed by atoms with Crippen LogP contribution in [0.25, 0.3) is 55.8 Å². The first kappa shape index (κ1) is 36.7. The maximum atomic E-state index is 5.20. The van der Waals surface area contributed by atoms with Crippen LogP contribution in [0.2, 0.25) is 0 Å². The summed E-state index contributed by atoms with van der Waals surface area (Å²) in [5, 5.41) is 0. The van der Waals surface area contributed by atoms with Gasteiger partial charge in [0, 0.05) is 16.7 Å². The molecule has 2 bridgehead atoms. The van der Waals surface area contributed by atoms with Gasteiger partial charge in [-0.3, -0.25) is 0 Å². The third kappa shape index (κ3) is 6.75. The molecule has 278 valence electrons. The molecule has 2 aromatic heterocycles. The highest BCUT2D eigenvalue weighted by atomic mass is 14.8. The zero-order valence-corrected chi connectivity index (χ0v) is 34.1. The van der Waals surface area contributed by atoms with Gasteiger partial charge in [-0.15, -0.1) is 0 Å². The topological polar surface area (TPSA) is 51.6 Å². The minimum absolute atomic E-state index is 0.147. The highest BCUT2D eigenvalue weighted by Gasteiger charge is 2.42. The first-order valence-corrected chi connectivity index (χ1v) is 20.3. The monoisotopic (exact) mass is 722 g/mol. The molecule has 4 nitrogen and oxygen atoms in total. The number of rotatable bonds is 3. The summed E-state index contributed by atoms with van der Waals surface area (Å²) in [4.78, 5) is 20.2. The summed E-state index contributed by atoms with van der Waals surface area (Å²) < 4.78 is 0. The van der Waals surface area contributed by atoms with Crippen LogP contribution in [0.15, 0.2) is 103 Å². The standard InChI is InChI=1S/C29H30N2.C20H18N2.C2H6/c1-18-7-11-20(12-8-18)26-27(21-13-9-19(2)10-14-21)31-25-16-23-22(15-24(25)30-26)28(3,4)17-29(23,5)6;1-12-20(13-5-3-2-4-6-13)22-19-11-17-15-8-7-14(9-15)16(17)10-18(19)21-12;1-2/h7-16H,17H2,1-6H3;2-6,10-11,14-15H,7-9H2,1H3;1-2H3. The van der Waals surface area contributed by atoms with Crippen LogP contribution >= 0.6 is 0 Å². The molecular formula is C51H54N4. The second-order valence-electron chi connectivity index (χ2n) is 17.2. The van der Waals surface area contributed by atoms with E-state index >= 15 is 0 Å². The van der Waals surface area contributed by atoms with E-state index in [2.05, 4.69) is 146 Å². The Hall–Kier alpha value is -5.22. The van der Waals surface area contributed by atoms with E-state index in [1.54, 1.807) is 11.1 Å². The Bertz CT molecular complexity index is 2430. The number of aromatic nitrogens is 4. The molecule has 0 aliphatic heterocycles. The van der Waals surface area contributed by atoms with Crippen LogP contribution in [0.3, 0.4) is 0 Å². The van der Waals surface area contributed by atoms with Crippen LogP contribution in [-0.4, -0.2) is 19.9 Å². The summed E-state index contributed by atoms with van der Waals surface area (Å²) in [6.45, 7) is 19.7. The van der Waals surface area contributed by atoms with E-state index in [4.69, 9.17) is 19.9 Å². The van der Waals surface area contributed by atoms with E-state index < -0.39 is 0 Å². The predicted molar refractivity (Wildman–Crippen MR) is 231 cm³/mol. The fourth-order valence-electron chi connectivity index (χ4n) is 9.69. The average Bonchev–Trinajstić information content (AvgIpc) is 3.85. The molecular weight excluding hydrogens is 669 g/mol. The summed E-state index contributed by atoms with van der Waals surface area (Å²) in [5.41, 5.74) is 20.1. The molecule has 0 radical (unpaired) electrons. The number of hydrogen-bond acceptors (Lipinski definition) is 4. The van der Waals surface area contributed by atoms with Gasteiger partial charge < -0.3 is 0 Å². The highest BCUT2D eigenvalue weighted by molar-refractivity contribution is 5.88. The Morgan fingerprint density at radius 3 is 1.35 bits per heavy atom. The second-order valence-corrected chi connectivity index (χ2v) is 17.2. The van der Waals surface area contributed by atoms with Gasteiger partial charge in [-0.2, -0.15) is 0 Å². The summed E-state index contributed by atoms with van der Waals surface area (Å²) in [5.74, 6) is 1.55.